The van der Waals surface area contributed by atoms with E-state index in [0.29, 0.717) is 13.2 Å². The van der Waals surface area contributed by atoms with E-state index in [1.54, 1.807) is 7.11 Å². The van der Waals surface area contributed by atoms with Gasteiger partial charge in [-0.25, -0.2) is 0 Å². The monoisotopic (exact) mass is 283 g/mol. The van der Waals surface area contributed by atoms with Crippen LogP contribution in [-0.4, -0.2) is 44.7 Å². The lowest BCUT2D eigenvalue weighted by molar-refractivity contribution is 0.0162. The fraction of sp³-hybridized carbons (Fsp3) is 0.600. The quantitative estimate of drug-likeness (QED) is 0.683. The van der Waals surface area contributed by atoms with Gasteiger partial charge >= 0.3 is 0 Å². The van der Waals surface area contributed by atoms with E-state index >= 15 is 0 Å². The van der Waals surface area contributed by atoms with E-state index in [-0.39, 0.29) is 13.2 Å². The Bertz CT molecular complexity index is 384. The summed E-state index contributed by atoms with van der Waals surface area (Å²) in [5, 5.41) is 13.0. The molecule has 1 aromatic carbocycles. The predicted octanol–water partition coefficient (Wildman–Crippen LogP) is 1.58. The average Bonchev–Trinajstić information content (AvgIpc) is 2.49. The maximum Gasteiger partial charge on any atom is 0.124 e. The summed E-state index contributed by atoms with van der Waals surface area (Å²) in [6.45, 7) is 6.61. The number of hydrogen-bond acceptors (Lipinski definition) is 5. The summed E-state index contributed by atoms with van der Waals surface area (Å²) in [5.74, 6) is 1.54. The van der Waals surface area contributed by atoms with E-state index in [4.69, 9.17) is 14.2 Å². The third kappa shape index (κ3) is 5.77. The molecule has 1 rings (SSSR count). The van der Waals surface area contributed by atoms with E-state index in [9.17, 15) is 5.11 Å². The highest BCUT2D eigenvalue weighted by Gasteiger charge is 2.09. The van der Waals surface area contributed by atoms with Gasteiger partial charge in [-0.15, -0.1) is 0 Å². The van der Waals surface area contributed by atoms with Crippen molar-refractivity contribution in [2.75, 3.05) is 33.5 Å². The summed E-state index contributed by atoms with van der Waals surface area (Å²) in [7, 11) is 1.64. The molecule has 0 amide bonds. The van der Waals surface area contributed by atoms with Gasteiger partial charge in [-0.3, -0.25) is 0 Å². The summed E-state index contributed by atoms with van der Waals surface area (Å²) in [5.41, 5.74) is 1.01. The van der Waals surface area contributed by atoms with Crippen molar-refractivity contribution in [3.63, 3.8) is 0 Å². The molecule has 1 unspecified atom stereocenters. The average molecular weight is 283 g/mol. The van der Waals surface area contributed by atoms with Crippen LogP contribution in [0.15, 0.2) is 18.2 Å². The van der Waals surface area contributed by atoms with Gasteiger partial charge in [0.2, 0.25) is 0 Å². The molecule has 114 valence electrons. The van der Waals surface area contributed by atoms with E-state index in [1.807, 2.05) is 32.0 Å². The van der Waals surface area contributed by atoms with Crippen molar-refractivity contribution in [3.8, 4) is 11.5 Å². The van der Waals surface area contributed by atoms with Gasteiger partial charge in [-0.2, -0.15) is 0 Å². The fourth-order valence-electron chi connectivity index (χ4n) is 1.71. The number of hydrogen-bond donors (Lipinski definition) is 2. The minimum atomic E-state index is -0.621. The lowest BCUT2D eigenvalue weighted by atomic mass is 10.2. The van der Waals surface area contributed by atoms with Gasteiger partial charge in [0.05, 0.1) is 13.7 Å². The van der Waals surface area contributed by atoms with Gasteiger partial charge in [0, 0.05) is 18.7 Å². The number of benzene rings is 1. The molecule has 2 N–H and O–H groups in total. The Morgan fingerprint density at radius 3 is 2.70 bits per heavy atom. The number of aliphatic hydroxyl groups excluding tert-OH is 1. The number of rotatable bonds is 10. The number of aliphatic hydroxyl groups is 1. The smallest absolute Gasteiger partial charge is 0.124 e. The Hall–Kier alpha value is -1.30. The van der Waals surface area contributed by atoms with Crippen LogP contribution in [0.3, 0.4) is 0 Å². The van der Waals surface area contributed by atoms with Crippen LogP contribution in [0.1, 0.15) is 19.4 Å². The summed E-state index contributed by atoms with van der Waals surface area (Å²) in [6, 6.07) is 5.64. The summed E-state index contributed by atoms with van der Waals surface area (Å²) in [6.07, 6.45) is -0.621. The molecule has 0 aliphatic heterocycles. The van der Waals surface area contributed by atoms with Crippen molar-refractivity contribution in [1.82, 2.24) is 5.32 Å². The Balaban J connectivity index is 2.62. The molecule has 0 spiro atoms. The van der Waals surface area contributed by atoms with Gasteiger partial charge < -0.3 is 24.6 Å². The fourth-order valence-corrected chi connectivity index (χ4v) is 1.71. The topological polar surface area (TPSA) is 60.0 Å². The first kappa shape index (κ1) is 16.8. The van der Waals surface area contributed by atoms with Crippen molar-refractivity contribution in [2.45, 2.75) is 26.5 Å². The van der Waals surface area contributed by atoms with E-state index < -0.39 is 6.10 Å². The first-order valence-corrected chi connectivity index (χ1v) is 6.97. The third-order valence-corrected chi connectivity index (χ3v) is 2.78. The highest BCUT2D eigenvalue weighted by Crippen LogP contribution is 2.24. The molecule has 0 aliphatic carbocycles. The second-order valence-electron chi connectivity index (χ2n) is 4.38. The first-order valence-electron chi connectivity index (χ1n) is 6.97. The zero-order valence-electron chi connectivity index (χ0n) is 12.5. The van der Waals surface area contributed by atoms with Gasteiger partial charge in [0.25, 0.3) is 0 Å². The van der Waals surface area contributed by atoms with Gasteiger partial charge in [0.1, 0.15) is 24.2 Å². The molecule has 0 saturated heterocycles. The van der Waals surface area contributed by atoms with Gasteiger partial charge in [-0.1, -0.05) is 6.92 Å². The Morgan fingerprint density at radius 2 is 2.05 bits per heavy atom. The molecule has 0 saturated carbocycles. The second kappa shape index (κ2) is 9.58. The number of nitrogens with one attached hydrogen (secondary N) is 1. The summed E-state index contributed by atoms with van der Waals surface area (Å²) in [4.78, 5) is 0. The molecule has 1 atom stereocenters. The molecular formula is C15H25NO4. The summed E-state index contributed by atoms with van der Waals surface area (Å²) >= 11 is 0. The van der Waals surface area contributed by atoms with Crippen LogP contribution >= 0.6 is 0 Å². The van der Waals surface area contributed by atoms with Crippen LogP contribution in [-0.2, 0) is 11.3 Å². The zero-order valence-corrected chi connectivity index (χ0v) is 12.5. The number of ether oxygens (including phenoxy) is 3. The maximum atomic E-state index is 9.72. The van der Waals surface area contributed by atoms with Crippen molar-refractivity contribution in [3.05, 3.63) is 23.8 Å². The van der Waals surface area contributed by atoms with Crippen molar-refractivity contribution in [1.29, 1.82) is 0 Å². The predicted molar refractivity (Wildman–Crippen MR) is 78.4 cm³/mol. The van der Waals surface area contributed by atoms with Crippen LogP contribution in [0, 0.1) is 0 Å². The zero-order chi connectivity index (χ0) is 14.8. The van der Waals surface area contributed by atoms with Crippen molar-refractivity contribution >= 4 is 0 Å². The minimum Gasteiger partial charge on any atom is -0.497 e. The SMILES string of the molecule is CCNCc1cc(OC)ccc1OCC(O)COCC. The standard InChI is InChI=1S/C15H25NO4/c1-4-16-9-12-8-14(18-3)6-7-15(12)20-11-13(17)10-19-5-2/h6-8,13,16-17H,4-5,9-11H2,1-3H3. The normalized spacial score (nSPS) is 12.2. The lowest BCUT2D eigenvalue weighted by Crippen LogP contribution is -2.24. The molecule has 5 heteroatoms. The lowest BCUT2D eigenvalue weighted by Gasteiger charge is -2.16. The minimum absolute atomic E-state index is 0.214. The van der Waals surface area contributed by atoms with Crippen molar-refractivity contribution < 1.29 is 19.3 Å². The van der Waals surface area contributed by atoms with E-state index in [0.717, 1.165) is 23.6 Å². The molecular weight excluding hydrogens is 258 g/mol. The first-order chi connectivity index (χ1) is 9.71. The van der Waals surface area contributed by atoms with E-state index in [1.165, 1.54) is 0 Å². The van der Waals surface area contributed by atoms with Crippen LogP contribution in [0.2, 0.25) is 0 Å². The van der Waals surface area contributed by atoms with Crippen LogP contribution in [0.4, 0.5) is 0 Å². The Morgan fingerprint density at radius 1 is 1.25 bits per heavy atom. The van der Waals surface area contributed by atoms with Gasteiger partial charge in [-0.05, 0) is 31.7 Å². The third-order valence-electron chi connectivity index (χ3n) is 2.78. The molecule has 0 aliphatic rings. The summed E-state index contributed by atoms with van der Waals surface area (Å²) < 4.78 is 16.0. The van der Waals surface area contributed by atoms with Gasteiger partial charge in [0.15, 0.2) is 0 Å². The Kier molecular flexibility index (Phi) is 8.02. The molecule has 0 heterocycles. The Labute approximate surface area is 120 Å². The van der Waals surface area contributed by atoms with E-state index in [2.05, 4.69) is 5.32 Å². The highest BCUT2D eigenvalue weighted by molar-refractivity contribution is 5.40. The van der Waals surface area contributed by atoms with Crippen LogP contribution in [0.25, 0.3) is 0 Å². The molecule has 1 aromatic rings. The molecule has 0 fully saturated rings. The van der Waals surface area contributed by atoms with Crippen LogP contribution < -0.4 is 14.8 Å². The molecule has 0 bridgehead atoms. The number of methoxy groups -OCH3 is 1. The highest BCUT2D eigenvalue weighted by atomic mass is 16.5. The molecule has 20 heavy (non-hydrogen) atoms. The van der Waals surface area contributed by atoms with Crippen LogP contribution in [0.5, 0.6) is 11.5 Å². The maximum absolute atomic E-state index is 9.72. The molecule has 0 aromatic heterocycles. The molecule has 5 nitrogen and oxygen atoms in total. The largest absolute Gasteiger partial charge is 0.497 e. The second-order valence-corrected chi connectivity index (χ2v) is 4.38. The van der Waals surface area contributed by atoms with Crippen molar-refractivity contribution in [2.24, 2.45) is 0 Å². The molecule has 0 radical (unpaired) electrons.